The smallest absolute Gasteiger partial charge is 0.332 e. The fourth-order valence-corrected chi connectivity index (χ4v) is 0.466. The molecule has 0 spiro atoms. The Bertz CT molecular complexity index is 241. The zero-order chi connectivity index (χ0) is 9.50. The summed E-state index contributed by atoms with van der Waals surface area (Å²) in [5.41, 5.74) is 0. The summed E-state index contributed by atoms with van der Waals surface area (Å²) in [5, 5.41) is 7.50. The van der Waals surface area contributed by atoms with Crippen LogP contribution in [0.3, 0.4) is 0 Å². The lowest BCUT2D eigenvalue weighted by atomic mass is 10.7. The maximum absolute atomic E-state index is 12.0. The van der Waals surface area contributed by atoms with Crippen molar-refractivity contribution in [1.29, 1.82) is 0 Å². The minimum absolute atomic E-state index is 3.98. The van der Waals surface area contributed by atoms with Crippen molar-refractivity contribution in [3.8, 4) is 0 Å². The summed E-state index contributed by atoms with van der Waals surface area (Å²) in [4.78, 5) is 0. The molecule has 0 aliphatic rings. The van der Waals surface area contributed by atoms with Gasteiger partial charge in [0, 0.05) is 0 Å². The molecule has 0 aliphatic carbocycles. The first-order chi connectivity index (χ1) is 4.50. The third kappa shape index (κ3) is 1.95. The van der Waals surface area contributed by atoms with Crippen molar-refractivity contribution in [3.05, 3.63) is 0 Å². The number of aliphatic hydroxyl groups is 1. The third-order valence-corrected chi connectivity index (χ3v) is 2.38. The molecule has 0 amide bonds. The van der Waals surface area contributed by atoms with Gasteiger partial charge in [-0.2, -0.15) is 21.6 Å². The molecule has 0 aromatic rings. The molecule has 0 saturated heterocycles. The first-order valence-electron chi connectivity index (χ1n) is 1.95. The fourth-order valence-electron chi connectivity index (χ4n) is 0.155. The van der Waals surface area contributed by atoms with Crippen molar-refractivity contribution in [1.82, 2.24) is 0 Å². The molecule has 0 bridgehead atoms. The largest absolute Gasteiger partial charge is 0.419 e. The van der Waals surface area contributed by atoms with Gasteiger partial charge in [-0.3, -0.25) is 4.55 Å². The van der Waals surface area contributed by atoms with E-state index < -0.39 is 20.7 Å². The second-order valence-electron chi connectivity index (χ2n) is 1.53. The molecule has 0 aliphatic heterocycles. The quantitative estimate of drug-likeness (QED) is 0.513. The maximum Gasteiger partial charge on any atom is 0.419 e. The van der Waals surface area contributed by atoms with Gasteiger partial charge >= 0.3 is 20.7 Å². The van der Waals surface area contributed by atoms with E-state index in [0.717, 1.165) is 0 Å². The number of halogens is 4. The van der Waals surface area contributed by atoms with Crippen LogP contribution in [0.2, 0.25) is 0 Å². The topological polar surface area (TPSA) is 74.6 Å². The predicted molar refractivity (Wildman–Crippen MR) is 28.4 cm³/mol. The van der Waals surface area contributed by atoms with Gasteiger partial charge in [-0.25, -0.2) is 0 Å². The van der Waals surface area contributed by atoms with Crippen molar-refractivity contribution in [3.63, 3.8) is 0 Å². The molecular formula is C2H2ClF3O4S. The Morgan fingerprint density at radius 1 is 1.27 bits per heavy atom. The average Bonchev–Trinajstić information content (AvgIpc) is 1.58. The van der Waals surface area contributed by atoms with Gasteiger partial charge in [-0.15, -0.1) is 0 Å². The summed E-state index contributed by atoms with van der Waals surface area (Å²) in [6.45, 7) is 0. The first-order valence-corrected chi connectivity index (χ1v) is 3.77. The van der Waals surface area contributed by atoms with Gasteiger partial charge in [0.2, 0.25) is 0 Å². The molecule has 0 aromatic carbocycles. The molecule has 0 saturated carbocycles. The summed E-state index contributed by atoms with van der Waals surface area (Å²) >= 11 is 3.98. The molecule has 2 N–H and O–H groups in total. The highest BCUT2D eigenvalue weighted by atomic mass is 35.5. The lowest BCUT2D eigenvalue weighted by molar-refractivity contribution is -0.233. The van der Waals surface area contributed by atoms with Crippen molar-refractivity contribution < 1.29 is 31.2 Å². The van der Waals surface area contributed by atoms with Crippen LogP contribution in [-0.2, 0) is 10.1 Å². The van der Waals surface area contributed by atoms with E-state index in [1.54, 1.807) is 0 Å². The predicted octanol–water partition coefficient (Wildman–Crippen LogP) is 0.321. The van der Waals surface area contributed by atoms with Crippen LogP contribution in [0.4, 0.5) is 13.2 Å². The van der Waals surface area contributed by atoms with Gasteiger partial charge in [0.1, 0.15) is 0 Å². The minimum Gasteiger partial charge on any atom is -0.332 e. The lowest BCUT2D eigenvalue weighted by Crippen LogP contribution is -2.45. The monoisotopic (exact) mass is 214 g/mol. The summed E-state index contributed by atoms with van der Waals surface area (Å²) in [5.74, 6) is 0. The van der Waals surface area contributed by atoms with E-state index in [4.69, 9.17) is 9.66 Å². The Labute approximate surface area is 64.3 Å². The van der Waals surface area contributed by atoms with E-state index in [0.29, 0.717) is 0 Å². The van der Waals surface area contributed by atoms with Crippen LogP contribution >= 0.6 is 11.6 Å². The highest BCUT2D eigenvalue weighted by Gasteiger charge is 2.63. The first kappa shape index (κ1) is 11.0. The Balaban J connectivity index is 5.08. The molecule has 0 heterocycles. The number of hydrogen-bond acceptors (Lipinski definition) is 3. The van der Waals surface area contributed by atoms with E-state index in [9.17, 15) is 21.6 Å². The lowest BCUT2D eigenvalue weighted by Gasteiger charge is -2.18. The molecule has 68 valence electrons. The molecule has 9 heteroatoms. The Morgan fingerprint density at radius 3 is 1.55 bits per heavy atom. The molecule has 0 rings (SSSR count). The van der Waals surface area contributed by atoms with Crippen LogP contribution in [-0.4, -0.2) is 28.6 Å². The van der Waals surface area contributed by atoms with E-state index in [-0.39, 0.29) is 0 Å². The van der Waals surface area contributed by atoms with Gasteiger partial charge in [0.05, 0.1) is 0 Å². The van der Waals surface area contributed by atoms with Crippen LogP contribution < -0.4 is 0 Å². The summed E-state index contributed by atoms with van der Waals surface area (Å²) in [6, 6.07) is 0. The molecule has 1 atom stereocenters. The van der Waals surface area contributed by atoms with Gasteiger partial charge in [-0.1, -0.05) is 11.6 Å². The maximum atomic E-state index is 12.0. The van der Waals surface area contributed by atoms with E-state index >= 15 is 0 Å². The second-order valence-corrected chi connectivity index (χ2v) is 3.79. The van der Waals surface area contributed by atoms with Gasteiger partial charge in [-0.05, 0) is 0 Å². The average molecular weight is 215 g/mol. The van der Waals surface area contributed by atoms with E-state index in [1.807, 2.05) is 0 Å². The SMILES string of the molecule is O=S(=O)(O)C(F)(Cl)C(O)(F)F. The molecule has 0 radical (unpaired) electrons. The van der Waals surface area contributed by atoms with Crippen molar-refractivity contribution in [2.45, 2.75) is 10.6 Å². The van der Waals surface area contributed by atoms with E-state index in [2.05, 4.69) is 11.6 Å². The van der Waals surface area contributed by atoms with Gasteiger partial charge in [0.25, 0.3) is 0 Å². The van der Waals surface area contributed by atoms with Crippen LogP contribution in [0.25, 0.3) is 0 Å². The number of hydrogen-bond donors (Lipinski definition) is 2. The standard InChI is InChI=1S/C2H2ClF3O4S/c3-1(4,2(5,6)7)11(8,9)10/h7H,(H,8,9,10). The molecule has 1 unspecified atom stereocenters. The molecule has 4 nitrogen and oxygen atoms in total. The Hall–Kier alpha value is -0.0500. The molecule has 11 heavy (non-hydrogen) atoms. The fraction of sp³-hybridized carbons (Fsp3) is 1.00. The van der Waals surface area contributed by atoms with Crippen molar-refractivity contribution >= 4 is 21.7 Å². The van der Waals surface area contributed by atoms with Gasteiger partial charge in [0.15, 0.2) is 0 Å². The summed E-state index contributed by atoms with van der Waals surface area (Å²) in [6.07, 6.45) is -5.36. The summed E-state index contributed by atoms with van der Waals surface area (Å²) in [7, 11) is -5.86. The van der Waals surface area contributed by atoms with Crippen LogP contribution in [0.5, 0.6) is 0 Å². The van der Waals surface area contributed by atoms with Crippen LogP contribution in [0.1, 0.15) is 0 Å². The molecule has 0 aromatic heterocycles. The normalized spacial score (nSPS) is 19.5. The zero-order valence-electron chi connectivity index (χ0n) is 4.63. The third-order valence-electron chi connectivity index (χ3n) is 0.674. The summed E-state index contributed by atoms with van der Waals surface area (Å²) < 4.78 is 57.3. The zero-order valence-corrected chi connectivity index (χ0v) is 6.20. The minimum atomic E-state index is -5.86. The highest BCUT2D eigenvalue weighted by Crippen LogP contribution is 2.38. The van der Waals surface area contributed by atoms with Crippen molar-refractivity contribution in [2.24, 2.45) is 0 Å². The molecule has 0 fully saturated rings. The Kier molecular flexibility index (Phi) is 2.46. The number of alkyl halides is 4. The van der Waals surface area contributed by atoms with Crippen LogP contribution in [0, 0.1) is 0 Å². The second kappa shape index (κ2) is 2.47. The van der Waals surface area contributed by atoms with E-state index in [1.165, 1.54) is 0 Å². The number of rotatable bonds is 2. The highest BCUT2D eigenvalue weighted by molar-refractivity contribution is 7.88. The molecular weight excluding hydrogens is 213 g/mol. The van der Waals surface area contributed by atoms with Crippen molar-refractivity contribution in [2.75, 3.05) is 0 Å². The van der Waals surface area contributed by atoms with Crippen LogP contribution in [0.15, 0.2) is 0 Å². The Morgan fingerprint density at radius 2 is 1.55 bits per heavy atom. The van der Waals surface area contributed by atoms with Gasteiger partial charge < -0.3 is 5.11 Å².